The largest absolute Gasteiger partial charge is 0.335 e. The summed E-state index contributed by atoms with van der Waals surface area (Å²) in [6.45, 7) is 1.60. The summed E-state index contributed by atoms with van der Waals surface area (Å²) in [5.41, 5.74) is 6.97. The maximum absolute atomic E-state index is 6.76. The highest BCUT2D eigenvalue weighted by atomic mass is 16.9. The van der Waals surface area contributed by atoms with Gasteiger partial charge in [0.25, 0.3) is 0 Å². The van der Waals surface area contributed by atoms with Gasteiger partial charge in [-0.2, -0.15) is 0 Å². The molecule has 0 aliphatic carbocycles. The fraction of sp³-hybridized carbons (Fsp3) is 0.143. The molecule has 0 unspecified atom stereocenters. The molecule has 0 amide bonds. The van der Waals surface area contributed by atoms with Gasteiger partial charge in [-0.3, -0.25) is 0 Å². The summed E-state index contributed by atoms with van der Waals surface area (Å²) in [6, 6.07) is 51.4. The van der Waals surface area contributed by atoms with Crippen LogP contribution in [-0.4, -0.2) is 32.6 Å². The van der Waals surface area contributed by atoms with Crippen molar-refractivity contribution in [3.63, 3.8) is 0 Å². The van der Waals surface area contributed by atoms with Gasteiger partial charge in [-0.05, 0) is 36.4 Å². The second-order valence-corrected chi connectivity index (χ2v) is 12.6. The molecule has 10 rings (SSSR count). The van der Waals surface area contributed by atoms with Crippen molar-refractivity contribution < 1.29 is 14.2 Å². The van der Waals surface area contributed by atoms with Crippen LogP contribution in [0.15, 0.2) is 146 Å². The maximum atomic E-state index is 6.76. The van der Waals surface area contributed by atoms with Gasteiger partial charge in [-0.25, -0.2) is 0 Å². The Bertz CT molecular complexity index is 2170. The average Bonchev–Trinajstić information content (AvgIpc) is 3.75. The Morgan fingerprint density at radius 1 is 0.292 bits per heavy atom. The minimum absolute atomic E-state index is 0.532. The Morgan fingerprint density at radius 2 is 0.479 bits per heavy atom. The quantitative estimate of drug-likeness (QED) is 0.184. The number of ether oxygens (including phenoxy) is 3. The maximum Gasteiger partial charge on any atom is 0.181 e. The van der Waals surface area contributed by atoms with Gasteiger partial charge in [0.05, 0.1) is 19.6 Å². The zero-order valence-corrected chi connectivity index (χ0v) is 26.3. The van der Waals surface area contributed by atoms with Crippen molar-refractivity contribution in [2.75, 3.05) is 0 Å². The van der Waals surface area contributed by atoms with E-state index in [-0.39, 0.29) is 0 Å². The van der Waals surface area contributed by atoms with Crippen molar-refractivity contribution >= 4 is 65.4 Å². The predicted molar refractivity (Wildman–Crippen MR) is 193 cm³/mol. The molecule has 0 spiro atoms. The third-order valence-electron chi connectivity index (χ3n) is 9.95. The van der Waals surface area contributed by atoms with Crippen molar-refractivity contribution in [3.05, 3.63) is 146 Å². The van der Waals surface area contributed by atoms with Gasteiger partial charge in [0.1, 0.15) is 0 Å². The Labute approximate surface area is 276 Å². The van der Waals surface area contributed by atoms with E-state index in [0.717, 1.165) is 33.1 Å². The van der Waals surface area contributed by atoms with Gasteiger partial charge in [0.2, 0.25) is 0 Å². The number of hydrogen-bond donors (Lipinski definition) is 0. The number of benzene rings is 6. The number of hydrogen-bond acceptors (Lipinski definition) is 3. The zero-order valence-electron chi connectivity index (χ0n) is 26.3. The molecule has 1 aliphatic heterocycles. The molecule has 1 saturated heterocycles. The van der Waals surface area contributed by atoms with Crippen LogP contribution in [0.2, 0.25) is 0 Å². The van der Waals surface area contributed by atoms with Gasteiger partial charge in [0, 0.05) is 65.4 Å². The number of para-hydroxylation sites is 6. The highest BCUT2D eigenvalue weighted by Gasteiger charge is 2.33. The zero-order chi connectivity index (χ0) is 31.6. The van der Waals surface area contributed by atoms with E-state index in [1.54, 1.807) is 0 Å². The van der Waals surface area contributed by atoms with E-state index in [0.29, 0.717) is 19.6 Å². The predicted octanol–water partition coefficient (Wildman–Crippen LogP) is 9.45. The summed E-state index contributed by atoms with van der Waals surface area (Å²) >= 11 is 0. The topological polar surface area (TPSA) is 42.5 Å². The summed E-state index contributed by atoms with van der Waals surface area (Å²) in [5, 5.41) is 7.35. The van der Waals surface area contributed by atoms with Crippen LogP contribution < -0.4 is 0 Å². The monoisotopic (exact) mass is 627 g/mol. The van der Waals surface area contributed by atoms with Gasteiger partial charge >= 0.3 is 0 Å². The first-order valence-electron chi connectivity index (χ1n) is 16.6. The minimum atomic E-state index is -0.533. The fourth-order valence-corrected chi connectivity index (χ4v) is 7.91. The molecule has 48 heavy (non-hydrogen) atoms. The van der Waals surface area contributed by atoms with E-state index in [9.17, 15) is 0 Å². The summed E-state index contributed by atoms with van der Waals surface area (Å²) in [4.78, 5) is 0. The average molecular weight is 628 g/mol. The lowest BCUT2D eigenvalue weighted by Gasteiger charge is -2.37. The first-order chi connectivity index (χ1) is 23.8. The minimum Gasteiger partial charge on any atom is -0.335 e. The van der Waals surface area contributed by atoms with Gasteiger partial charge in [0.15, 0.2) is 18.9 Å². The van der Waals surface area contributed by atoms with Gasteiger partial charge in [-0.1, -0.05) is 109 Å². The highest BCUT2D eigenvalue weighted by Crippen LogP contribution is 2.34. The van der Waals surface area contributed by atoms with Gasteiger partial charge in [-0.15, -0.1) is 0 Å². The molecule has 0 atom stereocenters. The van der Waals surface area contributed by atoms with E-state index in [1.807, 2.05) is 0 Å². The molecule has 1 aliphatic rings. The SMILES string of the molecule is c1ccc2c(c1)c1ccccc1n2CC1OC(Cn2c3ccccc3c3ccccc32)OC(Cn2c3ccccc3c3ccccc32)O1. The molecule has 0 bridgehead atoms. The lowest BCUT2D eigenvalue weighted by molar-refractivity contribution is -0.389. The Kier molecular flexibility index (Phi) is 6.40. The van der Waals surface area contributed by atoms with Gasteiger partial charge < -0.3 is 27.9 Å². The van der Waals surface area contributed by atoms with Crippen LogP contribution in [0.4, 0.5) is 0 Å². The van der Waals surface area contributed by atoms with E-state index in [1.165, 1.54) is 32.3 Å². The van der Waals surface area contributed by atoms with Crippen molar-refractivity contribution in [1.29, 1.82) is 0 Å². The molecular weight excluding hydrogens is 594 g/mol. The third kappa shape index (κ3) is 4.38. The Morgan fingerprint density at radius 3 is 0.688 bits per heavy atom. The van der Waals surface area contributed by atoms with E-state index >= 15 is 0 Å². The molecule has 1 fully saturated rings. The van der Waals surface area contributed by atoms with E-state index in [2.05, 4.69) is 159 Å². The van der Waals surface area contributed by atoms with Crippen molar-refractivity contribution in [3.8, 4) is 0 Å². The molecular formula is C42H33N3O3. The lowest BCUT2D eigenvalue weighted by atomic mass is 10.2. The van der Waals surface area contributed by atoms with Crippen molar-refractivity contribution in [1.82, 2.24) is 13.7 Å². The van der Waals surface area contributed by atoms with E-state index in [4.69, 9.17) is 14.2 Å². The number of fused-ring (bicyclic) bond motifs is 9. The van der Waals surface area contributed by atoms with Crippen LogP contribution in [-0.2, 0) is 33.8 Å². The molecule has 0 saturated carbocycles. The van der Waals surface area contributed by atoms with Crippen LogP contribution >= 0.6 is 0 Å². The molecule has 9 aromatic rings. The number of rotatable bonds is 6. The summed E-state index contributed by atoms with van der Waals surface area (Å²) in [7, 11) is 0. The molecule has 3 aromatic heterocycles. The van der Waals surface area contributed by atoms with E-state index < -0.39 is 18.9 Å². The van der Waals surface area contributed by atoms with Crippen LogP contribution in [0.5, 0.6) is 0 Å². The lowest BCUT2D eigenvalue weighted by Crippen LogP contribution is -2.45. The second-order valence-electron chi connectivity index (χ2n) is 12.6. The summed E-state index contributed by atoms with van der Waals surface area (Å²) in [5.74, 6) is 0. The van der Waals surface area contributed by atoms with Crippen LogP contribution in [0.25, 0.3) is 65.4 Å². The number of aromatic nitrogens is 3. The molecule has 4 heterocycles. The third-order valence-corrected chi connectivity index (χ3v) is 9.95. The molecule has 0 radical (unpaired) electrons. The number of nitrogens with zero attached hydrogens (tertiary/aromatic N) is 3. The Hall–Kier alpha value is -5.40. The first kappa shape index (κ1) is 27.7. The molecule has 234 valence electrons. The van der Waals surface area contributed by atoms with Crippen molar-refractivity contribution in [2.45, 2.75) is 38.5 Å². The molecule has 6 aromatic carbocycles. The molecule has 0 N–H and O–H groups in total. The summed E-state index contributed by atoms with van der Waals surface area (Å²) in [6.07, 6.45) is -1.60. The normalized spacial score (nSPS) is 18.6. The highest BCUT2D eigenvalue weighted by molar-refractivity contribution is 6.09. The smallest absolute Gasteiger partial charge is 0.181 e. The Balaban J connectivity index is 1.06. The molecule has 6 heteroatoms. The van der Waals surface area contributed by atoms with Crippen LogP contribution in [0.3, 0.4) is 0 Å². The standard InChI is InChI=1S/C42H33N3O3/c1-7-19-34-28(13-1)29-14-2-8-20-35(29)43(34)25-40-46-41(26-44-36-21-9-3-15-30(36)31-16-4-10-22-37(31)44)48-42(47-40)27-45-38-23-11-5-17-32(38)33-18-6-12-24-39(33)45/h1-24,40-42H,25-27H2. The first-order valence-corrected chi connectivity index (χ1v) is 16.6. The summed E-state index contributed by atoms with van der Waals surface area (Å²) < 4.78 is 27.3. The fourth-order valence-electron chi connectivity index (χ4n) is 7.91. The van der Waals surface area contributed by atoms with Crippen LogP contribution in [0.1, 0.15) is 0 Å². The molecule has 6 nitrogen and oxygen atoms in total. The van der Waals surface area contributed by atoms with Crippen LogP contribution in [0, 0.1) is 0 Å². The van der Waals surface area contributed by atoms with Crippen molar-refractivity contribution in [2.24, 2.45) is 0 Å². The second kappa shape index (κ2) is 11.1.